The molecule has 0 bridgehead atoms. The second-order valence-electron chi connectivity index (χ2n) is 5.20. The van der Waals surface area contributed by atoms with Gasteiger partial charge >= 0.3 is 7.75 Å². The third kappa shape index (κ3) is 2.84. The molecule has 0 radical (unpaired) electrons. The number of carbonyl (C=O) groups is 1. The van der Waals surface area contributed by atoms with Gasteiger partial charge in [0.1, 0.15) is 0 Å². The summed E-state index contributed by atoms with van der Waals surface area (Å²) in [6.07, 6.45) is 0. The van der Waals surface area contributed by atoms with Crippen molar-refractivity contribution in [3.63, 3.8) is 0 Å². The molecular formula is C10H20NO4P. The number of carbonyl (C=O) groups excluding carboxylic acids is 1. The Hall–Kier alpha value is -0.380. The Balaban J connectivity index is 2.74. The third-order valence-electron chi connectivity index (χ3n) is 2.42. The standard InChI is InChI=1S/C10H20NO4P/c1-8(2)9(12)11(5)16(13)14-6-10(3,4)7-15-16/h8H,6-7H2,1-5H3. The second kappa shape index (κ2) is 4.47. The van der Waals surface area contributed by atoms with Gasteiger partial charge in [-0.1, -0.05) is 27.7 Å². The summed E-state index contributed by atoms with van der Waals surface area (Å²) >= 11 is 0. The van der Waals surface area contributed by atoms with Crippen LogP contribution in [0.2, 0.25) is 0 Å². The van der Waals surface area contributed by atoms with Crippen LogP contribution in [0.15, 0.2) is 0 Å². The number of hydrogen-bond donors (Lipinski definition) is 0. The molecule has 5 nitrogen and oxygen atoms in total. The van der Waals surface area contributed by atoms with Gasteiger partial charge in [0.25, 0.3) is 0 Å². The molecule has 0 aromatic carbocycles. The first-order valence-corrected chi connectivity index (χ1v) is 6.85. The topological polar surface area (TPSA) is 55.8 Å². The molecule has 0 aromatic rings. The van der Waals surface area contributed by atoms with Gasteiger partial charge in [0, 0.05) is 18.4 Å². The van der Waals surface area contributed by atoms with Crippen LogP contribution in [0.5, 0.6) is 0 Å². The Bertz CT molecular complexity index is 313. The molecule has 1 aliphatic heterocycles. The second-order valence-corrected chi connectivity index (χ2v) is 7.25. The highest BCUT2D eigenvalue weighted by molar-refractivity contribution is 7.52. The average Bonchev–Trinajstić information content (AvgIpc) is 2.20. The highest BCUT2D eigenvalue weighted by atomic mass is 31.2. The van der Waals surface area contributed by atoms with Gasteiger partial charge in [-0.2, -0.15) is 0 Å². The van der Waals surface area contributed by atoms with Crippen LogP contribution < -0.4 is 0 Å². The molecule has 0 spiro atoms. The van der Waals surface area contributed by atoms with E-state index in [0.29, 0.717) is 13.2 Å². The zero-order valence-corrected chi connectivity index (χ0v) is 11.4. The molecule has 0 aromatic heterocycles. The van der Waals surface area contributed by atoms with Gasteiger partial charge in [0.15, 0.2) is 0 Å². The van der Waals surface area contributed by atoms with Gasteiger partial charge in [0.2, 0.25) is 5.91 Å². The Morgan fingerprint density at radius 3 is 2.12 bits per heavy atom. The van der Waals surface area contributed by atoms with Crippen molar-refractivity contribution >= 4 is 13.7 Å². The van der Waals surface area contributed by atoms with Crippen molar-refractivity contribution in [1.29, 1.82) is 0 Å². The fraction of sp³-hybridized carbons (Fsp3) is 0.900. The first-order chi connectivity index (χ1) is 7.18. The summed E-state index contributed by atoms with van der Waals surface area (Å²) in [5.74, 6) is -0.457. The molecule has 6 heteroatoms. The van der Waals surface area contributed by atoms with Gasteiger partial charge < -0.3 is 0 Å². The molecule has 1 saturated heterocycles. The lowest BCUT2D eigenvalue weighted by Crippen LogP contribution is -2.37. The van der Waals surface area contributed by atoms with Crippen LogP contribution >= 0.6 is 7.75 Å². The normalized spacial score (nSPS) is 23.1. The van der Waals surface area contributed by atoms with Crippen LogP contribution in [0, 0.1) is 11.3 Å². The number of hydrogen-bond acceptors (Lipinski definition) is 4. The minimum Gasteiger partial charge on any atom is -0.291 e. The van der Waals surface area contributed by atoms with E-state index in [-0.39, 0.29) is 17.2 Å². The van der Waals surface area contributed by atoms with E-state index in [1.54, 1.807) is 13.8 Å². The molecule has 1 rings (SSSR count). The van der Waals surface area contributed by atoms with Crippen molar-refractivity contribution in [3.05, 3.63) is 0 Å². The van der Waals surface area contributed by atoms with E-state index in [1.807, 2.05) is 13.8 Å². The van der Waals surface area contributed by atoms with E-state index < -0.39 is 7.75 Å². The van der Waals surface area contributed by atoms with E-state index in [0.717, 1.165) is 4.67 Å². The summed E-state index contributed by atoms with van der Waals surface area (Å²) < 4.78 is 23.8. The zero-order chi connectivity index (χ0) is 12.6. The molecule has 0 aliphatic carbocycles. The predicted molar refractivity (Wildman–Crippen MR) is 60.9 cm³/mol. The fourth-order valence-electron chi connectivity index (χ4n) is 1.26. The number of amides is 1. The van der Waals surface area contributed by atoms with Crippen LogP contribution in [0.3, 0.4) is 0 Å². The summed E-state index contributed by atoms with van der Waals surface area (Å²) in [5.41, 5.74) is -0.157. The van der Waals surface area contributed by atoms with Crippen molar-refractivity contribution in [2.24, 2.45) is 11.3 Å². The highest BCUT2D eigenvalue weighted by Gasteiger charge is 2.42. The molecule has 0 saturated carbocycles. The monoisotopic (exact) mass is 249 g/mol. The van der Waals surface area contributed by atoms with Gasteiger partial charge in [-0.05, 0) is 0 Å². The Labute approximate surface area is 96.7 Å². The van der Waals surface area contributed by atoms with Crippen LogP contribution in [0.25, 0.3) is 0 Å². The van der Waals surface area contributed by atoms with E-state index >= 15 is 0 Å². The lowest BCUT2D eigenvalue weighted by molar-refractivity contribution is -0.130. The van der Waals surface area contributed by atoms with E-state index in [9.17, 15) is 9.36 Å². The minimum absolute atomic E-state index is 0.157. The lowest BCUT2D eigenvalue weighted by atomic mass is 9.97. The fourth-order valence-corrected chi connectivity index (χ4v) is 3.18. The van der Waals surface area contributed by atoms with Crippen molar-refractivity contribution in [2.75, 3.05) is 20.3 Å². The molecule has 1 aliphatic rings. The van der Waals surface area contributed by atoms with Crippen LogP contribution in [0.1, 0.15) is 27.7 Å². The van der Waals surface area contributed by atoms with Gasteiger partial charge in [-0.25, -0.2) is 4.57 Å². The minimum atomic E-state index is -3.41. The average molecular weight is 249 g/mol. The molecule has 16 heavy (non-hydrogen) atoms. The van der Waals surface area contributed by atoms with Crippen LogP contribution in [-0.4, -0.2) is 30.8 Å². The quantitative estimate of drug-likeness (QED) is 0.704. The highest BCUT2D eigenvalue weighted by Crippen LogP contribution is 2.56. The Morgan fingerprint density at radius 2 is 1.75 bits per heavy atom. The maximum Gasteiger partial charge on any atom is 0.437 e. The Morgan fingerprint density at radius 1 is 1.31 bits per heavy atom. The van der Waals surface area contributed by atoms with Gasteiger partial charge in [0.05, 0.1) is 13.2 Å². The lowest BCUT2D eigenvalue weighted by Gasteiger charge is -2.37. The third-order valence-corrected chi connectivity index (χ3v) is 4.26. The molecule has 94 valence electrons. The first-order valence-electron chi connectivity index (χ1n) is 5.35. The molecule has 0 unspecified atom stereocenters. The van der Waals surface area contributed by atoms with E-state index in [1.165, 1.54) is 7.05 Å². The summed E-state index contributed by atoms with van der Waals surface area (Å²) in [4.78, 5) is 11.7. The van der Waals surface area contributed by atoms with Crippen molar-refractivity contribution < 1.29 is 18.4 Å². The summed E-state index contributed by atoms with van der Waals surface area (Å²) in [6, 6.07) is 0. The predicted octanol–water partition coefficient (Wildman–Crippen LogP) is 2.28. The molecule has 1 heterocycles. The molecule has 0 N–H and O–H groups in total. The van der Waals surface area contributed by atoms with Gasteiger partial charge in [-0.15, -0.1) is 0 Å². The molecular weight excluding hydrogens is 229 g/mol. The Kier molecular flexibility index (Phi) is 3.83. The maximum absolute atomic E-state index is 12.2. The van der Waals surface area contributed by atoms with Gasteiger partial charge in [-0.3, -0.25) is 18.5 Å². The largest absolute Gasteiger partial charge is 0.437 e. The number of rotatable bonds is 2. The summed E-state index contributed by atoms with van der Waals surface area (Å²) in [7, 11) is -1.95. The zero-order valence-electron chi connectivity index (χ0n) is 10.5. The molecule has 0 atom stereocenters. The summed E-state index contributed by atoms with van der Waals surface area (Å²) in [6.45, 7) is 8.08. The van der Waals surface area contributed by atoms with Crippen molar-refractivity contribution in [3.8, 4) is 0 Å². The SMILES string of the molecule is CC(C)C(=O)N(C)P1(=O)OCC(C)(C)CO1. The van der Waals surface area contributed by atoms with Crippen molar-refractivity contribution in [1.82, 2.24) is 4.67 Å². The molecule has 1 amide bonds. The van der Waals surface area contributed by atoms with Crippen LogP contribution in [0.4, 0.5) is 0 Å². The molecule has 1 fully saturated rings. The van der Waals surface area contributed by atoms with E-state index in [2.05, 4.69) is 0 Å². The summed E-state index contributed by atoms with van der Waals surface area (Å²) in [5, 5.41) is 0. The first kappa shape index (κ1) is 13.7. The number of nitrogens with zero attached hydrogens (tertiary/aromatic N) is 1. The smallest absolute Gasteiger partial charge is 0.291 e. The maximum atomic E-state index is 12.2. The van der Waals surface area contributed by atoms with Crippen molar-refractivity contribution in [2.45, 2.75) is 27.7 Å². The van der Waals surface area contributed by atoms with Crippen LogP contribution in [-0.2, 0) is 18.4 Å². The van der Waals surface area contributed by atoms with E-state index in [4.69, 9.17) is 9.05 Å².